The van der Waals surface area contributed by atoms with Crippen molar-refractivity contribution >= 4 is 0 Å². The summed E-state index contributed by atoms with van der Waals surface area (Å²) in [6.07, 6.45) is 6.72. The number of hydrogen-bond donors (Lipinski definition) is 1. The fourth-order valence-corrected chi connectivity index (χ4v) is 2.58. The molecule has 3 nitrogen and oxygen atoms in total. The van der Waals surface area contributed by atoms with Crippen molar-refractivity contribution in [3.63, 3.8) is 0 Å². The Morgan fingerprint density at radius 1 is 1.24 bits per heavy atom. The van der Waals surface area contributed by atoms with Gasteiger partial charge in [-0.2, -0.15) is 0 Å². The first-order valence-corrected chi connectivity index (χ1v) is 7.31. The summed E-state index contributed by atoms with van der Waals surface area (Å²) in [7, 11) is 2.23. The Hall–Kier alpha value is -0.120. The highest BCUT2D eigenvalue weighted by molar-refractivity contribution is 4.73. The van der Waals surface area contributed by atoms with Gasteiger partial charge < -0.3 is 15.0 Å². The van der Waals surface area contributed by atoms with Crippen LogP contribution in [0.2, 0.25) is 0 Å². The van der Waals surface area contributed by atoms with Crippen molar-refractivity contribution in [2.24, 2.45) is 11.8 Å². The van der Waals surface area contributed by atoms with Crippen molar-refractivity contribution in [2.75, 3.05) is 46.4 Å². The Labute approximate surface area is 106 Å². The van der Waals surface area contributed by atoms with Crippen molar-refractivity contribution in [2.45, 2.75) is 32.1 Å². The van der Waals surface area contributed by atoms with E-state index >= 15 is 0 Å². The highest BCUT2D eigenvalue weighted by Crippen LogP contribution is 2.28. The van der Waals surface area contributed by atoms with Gasteiger partial charge in [-0.1, -0.05) is 0 Å². The van der Waals surface area contributed by atoms with E-state index in [0.717, 1.165) is 38.0 Å². The largest absolute Gasteiger partial charge is 0.381 e. The monoisotopic (exact) mass is 240 g/mol. The minimum absolute atomic E-state index is 0.862. The molecule has 1 aliphatic carbocycles. The van der Waals surface area contributed by atoms with Gasteiger partial charge in [0.25, 0.3) is 0 Å². The lowest BCUT2D eigenvalue weighted by molar-refractivity contribution is 0.121. The van der Waals surface area contributed by atoms with Gasteiger partial charge in [0.05, 0.1) is 0 Å². The molecule has 0 aromatic heterocycles. The van der Waals surface area contributed by atoms with E-state index in [0.29, 0.717) is 0 Å². The van der Waals surface area contributed by atoms with E-state index in [4.69, 9.17) is 4.74 Å². The molecule has 0 bridgehead atoms. The molecular formula is C14H28N2O. The van der Waals surface area contributed by atoms with Gasteiger partial charge >= 0.3 is 0 Å². The van der Waals surface area contributed by atoms with Crippen LogP contribution in [0.4, 0.5) is 0 Å². The molecule has 0 radical (unpaired) electrons. The SMILES string of the molecule is CN1CCCC(CNCCCOCC2CC2)C1. The van der Waals surface area contributed by atoms with Crippen LogP contribution in [0.5, 0.6) is 0 Å². The number of ether oxygens (including phenoxy) is 1. The lowest BCUT2D eigenvalue weighted by atomic mass is 9.98. The molecule has 1 atom stereocenters. The van der Waals surface area contributed by atoms with Gasteiger partial charge in [0.15, 0.2) is 0 Å². The summed E-state index contributed by atoms with van der Waals surface area (Å²) in [6.45, 7) is 6.80. The summed E-state index contributed by atoms with van der Waals surface area (Å²) in [5.74, 6) is 1.77. The number of piperidine rings is 1. The zero-order valence-corrected chi connectivity index (χ0v) is 11.3. The van der Waals surface area contributed by atoms with Gasteiger partial charge in [-0.3, -0.25) is 0 Å². The molecule has 100 valence electrons. The maximum Gasteiger partial charge on any atom is 0.0494 e. The first-order chi connectivity index (χ1) is 8.34. The van der Waals surface area contributed by atoms with E-state index in [2.05, 4.69) is 17.3 Å². The van der Waals surface area contributed by atoms with E-state index in [1.807, 2.05) is 0 Å². The fourth-order valence-electron chi connectivity index (χ4n) is 2.58. The van der Waals surface area contributed by atoms with Gasteiger partial charge in [0.1, 0.15) is 0 Å². The van der Waals surface area contributed by atoms with Crippen molar-refractivity contribution in [1.29, 1.82) is 0 Å². The Bertz CT molecular complexity index is 206. The van der Waals surface area contributed by atoms with Crippen LogP contribution in [0.1, 0.15) is 32.1 Å². The minimum Gasteiger partial charge on any atom is -0.381 e. The first-order valence-electron chi connectivity index (χ1n) is 7.31. The third-order valence-corrected chi connectivity index (χ3v) is 3.85. The normalized spacial score (nSPS) is 26.3. The summed E-state index contributed by atoms with van der Waals surface area (Å²) in [5, 5.41) is 3.57. The average molecular weight is 240 g/mol. The van der Waals surface area contributed by atoms with E-state index < -0.39 is 0 Å². The molecule has 1 heterocycles. The molecule has 17 heavy (non-hydrogen) atoms. The van der Waals surface area contributed by atoms with Gasteiger partial charge in [0, 0.05) is 19.8 Å². The molecule has 1 saturated carbocycles. The van der Waals surface area contributed by atoms with Crippen LogP contribution in [0, 0.1) is 11.8 Å². The molecule has 2 aliphatic rings. The van der Waals surface area contributed by atoms with Gasteiger partial charge in [0.2, 0.25) is 0 Å². The standard InChI is InChI=1S/C14H28N2O/c1-16-8-2-4-14(11-16)10-15-7-3-9-17-12-13-5-6-13/h13-15H,2-12H2,1H3. The van der Waals surface area contributed by atoms with E-state index in [-0.39, 0.29) is 0 Å². The summed E-state index contributed by atoms with van der Waals surface area (Å²) in [6, 6.07) is 0. The maximum absolute atomic E-state index is 5.62. The van der Waals surface area contributed by atoms with Crippen LogP contribution in [-0.2, 0) is 4.74 Å². The van der Waals surface area contributed by atoms with E-state index in [1.54, 1.807) is 0 Å². The highest BCUT2D eigenvalue weighted by atomic mass is 16.5. The molecule has 2 rings (SSSR count). The number of hydrogen-bond acceptors (Lipinski definition) is 3. The van der Waals surface area contributed by atoms with Gasteiger partial charge in [-0.15, -0.1) is 0 Å². The molecule has 1 unspecified atom stereocenters. The Balaban J connectivity index is 1.37. The fraction of sp³-hybridized carbons (Fsp3) is 1.00. The van der Waals surface area contributed by atoms with Crippen LogP contribution >= 0.6 is 0 Å². The highest BCUT2D eigenvalue weighted by Gasteiger charge is 2.20. The van der Waals surface area contributed by atoms with Gasteiger partial charge in [-0.05, 0) is 70.6 Å². The van der Waals surface area contributed by atoms with Crippen molar-refractivity contribution in [3.8, 4) is 0 Å². The molecule has 1 aliphatic heterocycles. The zero-order chi connectivity index (χ0) is 11.9. The second kappa shape index (κ2) is 7.34. The van der Waals surface area contributed by atoms with Gasteiger partial charge in [-0.25, -0.2) is 0 Å². The van der Waals surface area contributed by atoms with Crippen LogP contribution in [0.15, 0.2) is 0 Å². The molecule has 3 heteroatoms. The molecule has 2 fully saturated rings. The Kier molecular flexibility index (Phi) is 5.75. The topological polar surface area (TPSA) is 24.5 Å². The molecule has 1 N–H and O–H groups in total. The third kappa shape index (κ3) is 5.84. The predicted molar refractivity (Wildman–Crippen MR) is 71.3 cm³/mol. The van der Waals surface area contributed by atoms with Crippen LogP contribution < -0.4 is 5.32 Å². The summed E-state index contributed by atoms with van der Waals surface area (Å²) < 4.78 is 5.62. The summed E-state index contributed by atoms with van der Waals surface area (Å²) in [5.41, 5.74) is 0. The quantitative estimate of drug-likeness (QED) is 0.654. The lowest BCUT2D eigenvalue weighted by Crippen LogP contribution is -2.37. The number of rotatable bonds is 8. The first kappa shape index (κ1) is 13.3. The Morgan fingerprint density at radius 3 is 2.88 bits per heavy atom. The van der Waals surface area contributed by atoms with Crippen molar-refractivity contribution < 1.29 is 4.74 Å². The number of nitrogens with one attached hydrogen (secondary N) is 1. The van der Waals surface area contributed by atoms with Crippen LogP contribution in [0.3, 0.4) is 0 Å². The smallest absolute Gasteiger partial charge is 0.0494 e. The molecule has 0 spiro atoms. The predicted octanol–water partition coefficient (Wildman–Crippen LogP) is 1.73. The second-order valence-corrected chi connectivity index (χ2v) is 5.85. The number of nitrogens with zero attached hydrogens (tertiary/aromatic N) is 1. The van der Waals surface area contributed by atoms with Crippen molar-refractivity contribution in [1.82, 2.24) is 10.2 Å². The third-order valence-electron chi connectivity index (χ3n) is 3.85. The molecule has 1 saturated heterocycles. The lowest BCUT2D eigenvalue weighted by Gasteiger charge is -2.29. The zero-order valence-electron chi connectivity index (χ0n) is 11.3. The molecule has 0 aromatic rings. The van der Waals surface area contributed by atoms with E-state index in [1.165, 1.54) is 45.3 Å². The van der Waals surface area contributed by atoms with Crippen LogP contribution in [-0.4, -0.2) is 51.3 Å². The van der Waals surface area contributed by atoms with Crippen molar-refractivity contribution in [3.05, 3.63) is 0 Å². The summed E-state index contributed by atoms with van der Waals surface area (Å²) in [4.78, 5) is 2.45. The van der Waals surface area contributed by atoms with E-state index in [9.17, 15) is 0 Å². The molecule has 0 amide bonds. The second-order valence-electron chi connectivity index (χ2n) is 5.85. The average Bonchev–Trinajstić information content (AvgIpc) is 3.12. The number of likely N-dealkylation sites (tertiary alicyclic amines) is 1. The Morgan fingerprint density at radius 2 is 2.12 bits per heavy atom. The molecule has 0 aromatic carbocycles. The minimum atomic E-state index is 0.862. The maximum atomic E-state index is 5.62. The van der Waals surface area contributed by atoms with Crippen LogP contribution in [0.25, 0.3) is 0 Å². The summed E-state index contributed by atoms with van der Waals surface area (Å²) >= 11 is 0. The molecular weight excluding hydrogens is 212 g/mol.